The lowest BCUT2D eigenvalue weighted by molar-refractivity contribution is 0.569. The van der Waals surface area contributed by atoms with E-state index >= 15 is 0 Å². The summed E-state index contributed by atoms with van der Waals surface area (Å²) in [4.78, 5) is 16.7. The Morgan fingerprint density at radius 3 is 0.800 bits per heavy atom. The summed E-state index contributed by atoms with van der Waals surface area (Å²) in [6, 6.07) is 0. The lowest BCUT2D eigenvalue weighted by Gasteiger charge is -2.24. The highest BCUT2D eigenvalue weighted by Crippen LogP contribution is 2.50. The van der Waals surface area contributed by atoms with E-state index in [-0.39, 0.29) is 0 Å². The zero-order chi connectivity index (χ0) is 26.9. The lowest BCUT2D eigenvalue weighted by atomic mass is 9.79. The Balaban J connectivity index is 1.35. The minimum Gasteiger partial charge on any atom is -0.361 e. The largest absolute Gasteiger partial charge is 0.361 e. The van der Waals surface area contributed by atoms with Gasteiger partial charge in [0.2, 0.25) is 0 Å². The number of nitrogens with one attached hydrogen (secondary N) is 4. The normalized spacial score (nSPS) is 26.3. The molecule has 0 aromatic carbocycles. The first-order valence-electron chi connectivity index (χ1n) is 16.4. The summed E-state index contributed by atoms with van der Waals surface area (Å²) in [5, 5.41) is 0. The van der Waals surface area contributed by atoms with Crippen LogP contribution in [0.5, 0.6) is 0 Å². The number of aromatic amines is 4. The molecule has 0 fully saturated rings. The first-order chi connectivity index (χ1) is 19.5. The van der Waals surface area contributed by atoms with Crippen LogP contribution in [0.15, 0.2) is 0 Å². The maximum absolute atomic E-state index is 4.16. The highest BCUT2D eigenvalue weighted by molar-refractivity contribution is 5.55. The number of aromatic nitrogens is 4. The van der Waals surface area contributed by atoms with Gasteiger partial charge in [0, 0.05) is 69.2 Å². The molecule has 0 spiro atoms. The van der Waals surface area contributed by atoms with Crippen molar-refractivity contribution in [2.24, 2.45) is 0 Å². The van der Waals surface area contributed by atoms with Gasteiger partial charge in [-0.3, -0.25) is 0 Å². The molecular weight excluding hydrogens is 488 g/mol. The van der Waals surface area contributed by atoms with Crippen molar-refractivity contribution in [3.05, 3.63) is 90.1 Å². The van der Waals surface area contributed by atoms with Crippen LogP contribution in [0.2, 0.25) is 0 Å². The summed E-state index contributed by atoms with van der Waals surface area (Å²) >= 11 is 0. The molecule has 1 aliphatic heterocycles. The van der Waals surface area contributed by atoms with Gasteiger partial charge in [0.15, 0.2) is 0 Å². The van der Waals surface area contributed by atoms with Crippen molar-refractivity contribution >= 4 is 0 Å². The second kappa shape index (κ2) is 8.33. The molecule has 9 rings (SSSR count). The van der Waals surface area contributed by atoms with Crippen LogP contribution in [0.4, 0.5) is 0 Å². The molecule has 0 saturated carbocycles. The number of fused-ring (bicyclic) bond motifs is 8. The summed E-state index contributed by atoms with van der Waals surface area (Å²) in [5.41, 5.74) is 24.8. The van der Waals surface area contributed by atoms with Gasteiger partial charge < -0.3 is 19.9 Å². The number of rotatable bonds is 0. The predicted molar refractivity (Wildman–Crippen MR) is 161 cm³/mol. The average molecular weight is 533 g/mol. The molecule has 4 aliphatic carbocycles. The molecule has 4 aromatic rings. The second-order valence-electron chi connectivity index (χ2n) is 14.0. The third kappa shape index (κ3) is 2.98. The molecule has 0 amide bonds. The van der Waals surface area contributed by atoms with Gasteiger partial charge in [0.05, 0.1) is 0 Å². The summed E-state index contributed by atoms with van der Waals surface area (Å²) in [5.74, 6) is 1.84. The molecule has 5 heterocycles. The van der Waals surface area contributed by atoms with Crippen molar-refractivity contribution in [3.8, 4) is 0 Å². The molecule has 0 saturated heterocycles. The van der Waals surface area contributed by atoms with E-state index in [0.717, 1.165) is 0 Å². The fourth-order valence-electron chi connectivity index (χ4n) is 10.3. The second-order valence-corrected chi connectivity index (χ2v) is 14.0. The number of H-pyrrole nitrogens is 4. The summed E-state index contributed by atoms with van der Waals surface area (Å²) < 4.78 is 0. The van der Waals surface area contributed by atoms with Crippen molar-refractivity contribution in [1.29, 1.82) is 0 Å². The minimum absolute atomic E-state index is 0.460. The molecule has 4 heteroatoms. The van der Waals surface area contributed by atoms with Gasteiger partial charge in [0.25, 0.3) is 0 Å². The van der Waals surface area contributed by atoms with Gasteiger partial charge in [-0.1, -0.05) is 0 Å². The molecule has 4 unspecified atom stereocenters. The van der Waals surface area contributed by atoms with Crippen LogP contribution in [0.3, 0.4) is 0 Å². The van der Waals surface area contributed by atoms with E-state index in [2.05, 4.69) is 47.6 Å². The molecule has 4 N–H and O–H groups in total. The molecule has 4 aromatic heterocycles. The zero-order valence-corrected chi connectivity index (χ0v) is 24.8. The quantitative estimate of drug-likeness (QED) is 0.176. The third-order valence-corrected chi connectivity index (χ3v) is 12.3. The molecule has 0 radical (unpaired) electrons. The van der Waals surface area contributed by atoms with Crippen LogP contribution in [0.1, 0.15) is 165 Å². The molecule has 208 valence electrons. The standard InChI is InChI=1S/C36H44N4/c1-17-21-9-5-14-26-30-19(3)23-11-7-16-28(35(23)39-30)32-20(4)24-12-8-15-27(36(24)40-32)31-18(2)22-10-6-13-25(34(22)38-31)29(17)37-33(21)26/h25-28,37-40H,5-16H2,1-4H3. The van der Waals surface area contributed by atoms with Gasteiger partial charge in [0.1, 0.15) is 0 Å². The van der Waals surface area contributed by atoms with Gasteiger partial charge in [-0.2, -0.15) is 0 Å². The van der Waals surface area contributed by atoms with E-state index < -0.39 is 0 Å². The Kier molecular flexibility index (Phi) is 4.96. The van der Waals surface area contributed by atoms with Gasteiger partial charge in [-0.15, -0.1) is 0 Å². The van der Waals surface area contributed by atoms with E-state index in [1.54, 1.807) is 44.5 Å². The number of hydrogen-bond acceptors (Lipinski definition) is 0. The summed E-state index contributed by atoms with van der Waals surface area (Å²) in [7, 11) is 0. The zero-order valence-electron chi connectivity index (χ0n) is 24.8. The molecule has 4 nitrogen and oxygen atoms in total. The maximum Gasteiger partial charge on any atom is 0.0397 e. The smallest absolute Gasteiger partial charge is 0.0397 e. The summed E-state index contributed by atoms with van der Waals surface area (Å²) in [6.45, 7) is 9.69. The Bertz CT molecular complexity index is 1430. The van der Waals surface area contributed by atoms with Gasteiger partial charge in [-0.25, -0.2) is 0 Å². The van der Waals surface area contributed by atoms with Crippen molar-refractivity contribution in [1.82, 2.24) is 19.9 Å². The van der Waals surface area contributed by atoms with Gasteiger partial charge >= 0.3 is 0 Å². The van der Waals surface area contributed by atoms with Crippen LogP contribution in [0.25, 0.3) is 0 Å². The van der Waals surface area contributed by atoms with E-state index in [1.165, 1.54) is 123 Å². The van der Waals surface area contributed by atoms with Crippen LogP contribution >= 0.6 is 0 Å². The Labute approximate surface area is 238 Å². The first kappa shape index (κ1) is 23.8. The average Bonchev–Trinajstić information content (AvgIpc) is 3.70. The highest BCUT2D eigenvalue weighted by Gasteiger charge is 2.39. The van der Waals surface area contributed by atoms with Crippen molar-refractivity contribution in [2.45, 2.75) is 128 Å². The SMILES string of the molecule is Cc1c2[nH]c3c1CCCC3c1[nH]c3c(c1C)CCCC3c1[nH]c3c(c1C)CCCC3c1[nH]c3c(c1C)CCCC23. The maximum atomic E-state index is 4.16. The fraction of sp³-hybridized carbons (Fsp3) is 0.556. The van der Waals surface area contributed by atoms with Crippen LogP contribution in [-0.2, 0) is 25.7 Å². The van der Waals surface area contributed by atoms with Crippen molar-refractivity contribution in [3.63, 3.8) is 0 Å². The highest BCUT2D eigenvalue weighted by atomic mass is 14.9. The van der Waals surface area contributed by atoms with E-state index in [1.807, 2.05) is 0 Å². The van der Waals surface area contributed by atoms with Gasteiger partial charge in [-0.05, 0) is 149 Å². The Hall–Kier alpha value is -2.88. The third-order valence-electron chi connectivity index (χ3n) is 12.3. The summed E-state index contributed by atoms with van der Waals surface area (Å²) in [6.07, 6.45) is 15.0. The van der Waals surface area contributed by atoms with Crippen LogP contribution in [0, 0.1) is 27.7 Å². The molecular formula is C36H44N4. The molecule has 8 bridgehead atoms. The molecule has 5 aliphatic rings. The lowest BCUT2D eigenvalue weighted by Crippen LogP contribution is -2.14. The van der Waals surface area contributed by atoms with E-state index in [4.69, 9.17) is 0 Å². The number of hydrogen-bond donors (Lipinski definition) is 4. The topological polar surface area (TPSA) is 63.2 Å². The van der Waals surface area contributed by atoms with E-state index in [0.29, 0.717) is 23.7 Å². The monoisotopic (exact) mass is 532 g/mol. The van der Waals surface area contributed by atoms with E-state index in [9.17, 15) is 0 Å². The van der Waals surface area contributed by atoms with Crippen molar-refractivity contribution in [2.75, 3.05) is 0 Å². The van der Waals surface area contributed by atoms with Crippen LogP contribution in [-0.4, -0.2) is 19.9 Å². The fourth-order valence-corrected chi connectivity index (χ4v) is 10.3. The van der Waals surface area contributed by atoms with Crippen LogP contribution < -0.4 is 0 Å². The molecule has 40 heavy (non-hydrogen) atoms. The predicted octanol–water partition coefficient (Wildman–Crippen LogP) is 8.42. The minimum atomic E-state index is 0.460. The first-order valence-corrected chi connectivity index (χ1v) is 16.4. The molecule has 4 atom stereocenters. The Morgan fingerprint density at radius 2 is 0.575 bits per heavy atom. The Morgan fingerprint density at radius 1 is 0.350 bits per heavy atom. The van der Waals surface area contributed by atoms with Crippen molar-refractivity contribution < 1.29 is 0 Å².